The van der Waals surface area contributed by atoms with Crippen LogP contribution in [0.25, 0.3) is 0 Å². The van der Waals surface area contributed by atoms with Crippen LogP contribution in [-0.2, 0) is 17.9 Å². The number of thioether (sulfide) groups is 1. The van der Waals surface area contributed by atoms with Crippen LogP contribution >= 0.6 is 11.8 Å². The standard InChI is InChI=1S/C22H30N4O2S/c1-4-12-26-20(14-28-19-13-16(2)10-11-17(19)3)24-25-22(26)29-15-21(27)23-18-8-6-5-7-9-18/h4,10-11,13,18H,1,5-9,12,14-15H2,2-3H3,(H,23,27). The van der Waals surface area contributed by atoms with Crippen LogP contribution in [0.1, 0.15) is 49.1 Å². The predicted octanol–water partition coefficient (Wildman–Crippen LogP) is 4.20. The minimum absolute atomic E-state index is 0.0586. The number of hydrogen-bond acceptors (Lipinski definition) is 5. The summed E-state index contributed by atoms with van der Waals surface area (Å²) in [7, 11) is 0. The molecule has 0 aliphatic heterocycles. The summed E-state index contributed by atoms with van der Waals surface area (Å²) in [6.07, 6.45) is 7.66. The van der Waals surface area contributed by atoms with Gasteiger partial charge in [-0.25, -0.2) is 0 Å². The highest BCUT2D eigenvalue weighted by Gasteiger charge is 2.18. The lowest BCUT2D eigenvalue weighted by Crippen LogP contribution is -2.37. The van der Waals surface area contributed by atoms with Gasteiger partial charge in [0, 0.05) is 12.6 Å². The first kappa shape index (κ1) is 21.4. The SMILES string of the molecule is C=CCn1c(COc2cc(C)ccc2C)nnc1SCC(=O)NC1CCCCC1. The Morgan fingerprint density at radius 1 is 1.31 bits per heavy atom. The number of aromatic nitrogens is 3. The van der Waals surface area contributed by atoms with E-state index in [4.69, 9.17) is 4.74 Å². The Labute approximate surface area is 177 Å². The second-order valence-corrected chi connectivity index (χ2v) is 8.49. The summed E-state index contributed by atoms with van der Waals surface area (Å²) in [5, 5.41) is 12.4. The maximum Gasteiger partial charge on any atom is 0.230 e. The van der Waals surface area contributed by atoms with Gasteiger partial charge < -0.3 is 10.1 Å². The Hall–Kier alpha value is -2.28. The Kier molecular flexibility index (Phi) is 7.75. The number of aryl methyl sites for hydroxylation is 2. The van der Waals surface area contributed by atoms with Crippen molar-refractivity contribution in [3.05, 3.63) is 47.8 Å². The molecule has 0 atom stereocenters. The van der Waals surface area contributed by atoms with Gasteiger partial charge in [0.2, 0.25) is 5.91 Å². The van der Waals surface area contributed by atoms with Gasteiger partial charge in [-0.2, -0.15) is 0 Å². The molecule has 1 aliphatic carbocycles. The van der Waals surface area contributed by atoms with Crippen LogP contribution in [0.3, 0.4) is 0 Å². The van der Waals surface area contributed by atoms with Crippen LogP contribution in [0.4, 0.5) is 0 Å². The second-order valence-electron chi connectivity index (χ2n) is 7.55. The van der Waals surface area contributed by atoms with E-state index in [1.165, 1.54) is 31.0 Å². The Bertz CT molecular complexity index is 843. The van der Waals surface area contributed by atoms with Crippen molar-refractivity contribution in [1.82, 2.24) is 20.1 Å². The lowest BCUT2D eigenvalue weighted by Gasteiger charge is -2.22. The summed E-state index contributed by atoms with van der Waals surface area (Å²) in [5.41, 5.74) is 2.23. The zero-order valence-electron chi connectivity index (χ0n) is 17.3. The van der Waals surface area contributed by atoms with Crippen molar-refractivity contribution in [3.63, 3.8) is 0 Å². The number of nitrogens with one attached hydrogen (secondary N) is 1. The third-order valence-electron chi connectivity index (χ3n) is 5.11. The highest BCUT2D eigenvalue weighted by Crippen LogP contribution is 2.22. The molecule has 0 radical (unpaired) electrons. The van der Waals surface area contributed by atoms with E-state index in [-0.39, 0.29) is 5.91 Å². The molecule has 1 aliphatic rings. The minimum Gasteiger partial charge on any atom is -0.485 e. The maximum absolute atomic E-state index is 12.3. The van der Waals surface area contributed by atoms with Gasteiger partial charge in [-0.05, 0) is 43.9 Å². The van der Waals surface area contributed by atoms with E-state index in [9.17, 15) is 4.79 Å². The molecule has 2 aromatic rings. The van der Waals surface area contributed by atoms with E-state index >= 15 is 0 Å². The van der Waals surface area contributed by atoms with Gasteiger partial charge >= 0.3 is 0 Å². The first-order chi connectivity index (χ1) is 14.1. The van der Waals surface area contributed by atoms with Crippen molar-refractivity contribution < 1.29 is 9.53 Å². The molecule has 7 heteroatoms. The van der Waals surface area contributed by atoms with Crippen LogP contribution in [0.15, 0.2) is 36.0 Å². The molecule has 1 fully saturated rings. The Balaban J connectivity index is 1.59. The van der Waals surface area contributed by atoms with E-state index in [0.717, 1.165) is 35.5 Å². The molecule has 0 bridgehead atoms. The second kappa shape index (κ2) is 10.5. The molecular formula is C22H30N4O2S. The van der Waals surface area contributed by atoms with Crippen molar-refractivity contribution in [1.29, 1.82) is 0 Å². The lowest BCUT2D eigenvalue weighted by atomic mass is 9.95. The molecule has 1 aromatic heterocycles. The topological polar surface area (TPSA) is 69.0 Å². The highest BCUT2D eigenvalue weighted by atomic mass is 32.2. The van der Waals surface area contributed by atoms with E-state index in [2.05, 4.69) is 28.2 Å². The molecule has 1 heterocycles. The number of ether oxygens (including phenoxy) is 1. The first-order valence-electron chi connectivity index (χ1n) is 10.2. The Morgan fingerprint density at radius 2 is 2.10 bits per heavy atom. The molecule has 1 aromatic carbocycles. The lowest BCUT2D eigenvalue weighted by molar-refractivity contribution is -0.119. The largest absolute Gasteiger partial charge is 0.485 e. The predicted molar refractivity (Wildman–Crippen MR) is 116 cm³/mol. The smallest absolute Gasteiger partial charge is 0.230 e. The summed E-state index contributed by atoms with van der Waals surface area (Å²) in [4.78, 5) is 12.3. The molecule has 3 rings (SSSR count). The van der Waals surface area contributed by atoms with E-state index < -0.39 is 0 Å². The van der Waals surface area contributed by atoms with Gasteiger partial charge in [0.15, 0.2) is 11.0 Å². The Morgan fingerprint density at radius 3 is 2.86 bits per heavy atom. The normalized spacial score (nSPS) is 14.6. The van der Waals surface area contributed by atoms with Crippen molar-refractivity contribution in [2.45, 2.75) is 70.3 Å². The highest BCUT2D eigenvalue weighted by molar-refractivity contribution is 7.99. The van der Waals surface area contributed by atoms with Crippen LogP contribution in [0, 0.1) is 13.8 Å². The molecule has 0 saturated heterocycles. The van der Waals surface area contributed by atoms with Gasteiger partial charge in [0.05, 0.1) is 5.75 Å². The van der Waals surface area contributed by atoms with Gasteiger partial charge in [0.1, 0.15) is 12.4 Å². The number of carbonyl (C=O) groups is 1. The number of amides is 1. The fraction of sp³-hybridized carbons (Fsp3) is 0.500. The van der Waals surface area contributed by atoms with Gasteiger partial charge in [-0.15, -0.1) is 16.8 Å². The third kappa shape index (κ3) is 6.10. The van der Waals surface area contributed by atoms with E-state index in [1.54, 1.807) is 6.08 Å². The molecule has 1 N–H and O–H groups in total. The molecule has 156 valence electrons. The third-order valence-corrected chi connectivity index (χ3v) is 6.07. The van der Waals surface area contributed by atoms with Crippen LogP contribution in [-0.4, -0.2) is 32.5 Å². The average Bonchev–Trinajstić information content (AvgIpc) is 3.10. The fourth-order valence-corrected chi connectivity index (χ4v) is 4.27. The van der Waals surface area contributed by atoms with Gasteiger partial charge in [-0.3, -0.25) is 9.36 Å². The first-order valence-corrected chi connectivity index (χ1v) is 11.2. The van der Waals surface area contributed by atoms with E-state index in [0.29, 0.717) is 30.1 Å². The van der Waals surface area contributed by atoms with Crippen molar-refractivity contribution in [2.24, 2.45) is 0 Å². The molecule has 0 spiro atoms. The molecule has 0 unspecified atom stereocenters. The quantitative estimate of drug-likeness (QED) is 0.492. The van der Waals surface area contributed by atoms with Crippen LogP contribution in [0.2, 0.25) is 0 Å². The molecule has 1 saturated carbocycles. The summed E-state index contributed by atoms with van der Waals surface area (Å²) in [6.45, 7) is 8.79. The number of nitrogens with zero attached hydrogens (tertiary/aromatic N) is 3. The number of hydrogen-bond donors (Lipinski definition) is 1. The van der Waals surface area contributed by atoms with Gasteiger partial charge in [0.25, 0.3) is 0 Å². The minimum atomic E-state index is 0.0586. The molecular weight excluding hydrogens is 384 g/mol. The van der Waals surface area contributed by atoms with Crippen molar-refractivity contribution in [3.8, 4) is 5.75 Å². The number of benzene rings is 1. The summed E-state index contributed by atoms with van der Waals surface area (Å²) < 4.78 is 7.94. The maximum atomic E-state index is 12.3. The van der Waals surface area contributed by atoms with Crippen LogP contribution in [0.5, 0.6) is 5.75 Å². The fourth-order valence-electron chi connectivity index (χ4n) is 3.50. The monoisotopic (exact) mass is 414 g/mol. The summed E-state index contributed by atoms with van der Waals surface area (Å²) in [6, 6.07) is 6.46. The molecule has 1 amide bonds. The summed E-state index contributed by atoms with van der Waals surface area (Å²) in [5.74, 6) is 1.97. The number of carbonyl (C=O) groups excluding carboxylic acids is 1. The average molecular weight is 415 g/mol. The summed E-state index contributed by atoms with van der Waals surface area (Å²) >= 11 is 1.41. The zero-order chi connectivity index (χ0) is 20.6. The number of allylic oxidation sites excluding steroid dienone is 1. The molecule has 6 nitrogen and oxygen atoms in total. The number of rotatable bonds is 9. The van der Waals surface area contributed by atoms with Crippen molar-refractivity contribution in [2.75, 3.05) is 5.75 Å². The van der Waals surface area contributed by atoms with E-state index in [1.807, 2.05) is 30.5 Å². The van der Waals surface area contributed by atoms with Gasteiger partial charge in [-0.1, -0.05) is 49.2 Å². The zero-order valence-corrected chi connectivity index (χ0v) is 18.1. The van der Waals surface area contributed by atoms with Crippen LogP contribution < -0.4 is 10.1 Å². The molecule has 29 heavy (non-hydrogen) atoms. The van der Waals surface area contributed by atoms with Crippen molar-refractivity contribution >= 4 is 17.7 Å².